The van der Waals surface area contributed by atoms with Crippen molar-refractivity contribution in [1.29, 1.82) is 0 Å². The molecule has 0 aromatic heterocycles. The van der Waals surface area contributed by atoms with E-state index in [1.54, 1.807) is 24.3 Å². The van der Waals surface area contributed by atoms with Gasteiger partial charge in [0.2, 0.25) is 5.91 Å². The van der Waals surface area contributed by atoms with Crippen molar-refractivity contribution < 1.29 is 14.7 Å². The number of carbonyl (C=O) groups excluding carboxylic acids is 1. The lowest BCUT2D eigenvalue weighted by Crippen LogP contribution is -2.30. The molecule has 0 spiro atoms. The van der Waals surface area contributed by atoms with Crippen molar-refractivity contribution in [2.75, 3.05) is 6.54 Å². The molecule has 1 amide bonds. The number of amides is 1. The van der Waals surface area contributed by atoms with Crippen LogP contribution >= 0.6 is 0 Å². The summed E-state index contributed by atoms with van der Waals surface area (Å²) in [6.07, 6.45) is 0.507. The second kappa shape index (κ2) is 4.97. The summed E-state index contributed by atoms with van der Waals surface area (Å²) in [5.74, 6) is -0.848. The van der Waals surface area contributed by atoms with Gasteiger partial charge in [-0.3, -0.25) is 4.79 Å². The highest BCUT2D eigenvalue weighted by Crippen LogP contribution is 2.06. The van der Waals surface area contributed by atoms with Gasteiger partial charge in [0.15, 0.2) is 0 Å². The molecule has 1 atom stereocenters. The van der Waals surface area contributed by atoms with Crippen LogP contribution in [0.5, 0.6) is 0 Å². The average molecular weight is 234 g/mol. The van der Waals surface area contributed by atoms with Gasteiger partial charge in [-0.2, -0.15) is 0 Å². The van der Waals surface area contributed by atoms with Crippen LogP contribution in [-0.2, 0) is 11.3 Å². The van der Waals surface area contributed by atoms with Gasteiger partial charge in [-0.25, -0.2) is 4.79 Å². The van der Waals surface area contributed by atoms with Crippen LogP contribution in [0.4, 0.5) is 0 Å². The van der Waals surface area contributed by atoms with Crippen LogP contribution < -0.4 is 10.6 Å². The van der Waals surface area contributed by atoms with Crippen LogP contribution in [-0.4, -0.2) is 29.6 Å². The molecule has 0 bridgehead atoms. The van der Waals surface area contributed by atoms with Gasteiger partial charge < -0.3 is 15.7 Å². The molecule has 1 unspecified atom stereocenters. The first-order valence-electron chi connectivity index (χ1n) is 5.47. The molecule has 1 saturated heterocycles. The Hall–Kier alpha value is -1.88. The highest BCUT2D eigenvalue weighted by Gasteiger charge is 2.20. The normalized spacial score (nSPS) is 19.1. The fraction of sp³-hybridized carbons (Fsp3) is 0.333. The van der Waals surface area contributed by atoms with E-state index < -0.39 is 5.97 Å². The number of carboxylic acid groups (broad SMARTS) is 1. The molecule has 17 heavy (non-hydrogen) atoms. The predicted molar refractivity (Wildman–Crippen MR) is 61.7 cm³/mol. The minimum atomic E-state index is -0.921. The topological polar surface area (TPSA) is 78.4 Å². The van der Waals surface area contributed by atoms with E-state index in [0.717, 1.165) is 5.56 Å². The molecule has 1 heterocycles. The molecule has 0 aliphatic carbocycles. The summed E-state index contributed by atoms with van der Waals surface area (Å²) in [5.41, 5.74) is 1.29. The first kappa shape index (κ1) is 11.6. The number of aromatic carboxylic acids is 1. The molecule has 90 valence electrons. The average Bonchev–Trinajstić information content (AvgIpc) is 2.73. The van der Waals surface area contributed by atoms with Gasteiger partial charge in [-0.05, 0) is 17.7 Å². The van der Waals surface area contributed by atoms with Crippen molar-refractivity contribution in [3.05, 3.63) is 35.4 Å². The Kier molecular flexibility index (Phi) is 3.39. The monoisotopic (exact) mass is 234 g/mol. The molecule has 0 radical (unpaired) electrons. The molecular formula is C12H14N2O3. The standard InChI is InChI=1S/C12H14N2O3/c15-11-5-10(7-14-11)13-6-8-1-3-9(4-2-8)12(16)17/h1-4,10,13H,5-7H2,(H,14,15)(H,16,17). The van der Waals surface area contributed by atoms with Crippen LogP contribution in [0.3, 0.4) is 0 Å². The molecule has 1 fully saturated rings. The molecule has 1 aromatic carbocycles. The molecule has 2 rings (SSSR count). The molecule has 3 N–H and O–H groups in total. The lowest BCUT2D eigenvalue weighted by atomic mass is 10.1. The third kappa shape index (κ3) is 3.04. The Bertz CT molecular complexity index is 428. The maximum Gasteiger partial charge on any atom is 0.335 e. The maximum atomic E-state index is 11.0. The van der Waals surface area contributed by atoms with E-state index in [1.807, 2.05) is 0 Å². The SMILES string of the molecule is O=C1CC(NCc2ccc(C(=O)O)cc2)CN1. The first-order valence-corrected chi connectivity index (χ1v) is 5.47. The van der Waals surface area contributed by atoms with Crippen LogP contribution in [0.15, 0.2) is 24.3 Å². The summed E-state index contributed by atoms with van der Waals surface area (Å²) < 4.78 is 0. The molecule has 1 aromatic rings. The highest BCUT2D eigenvalue weighted by molar-refractivity contribution is 5.87. The van der Waals surface area contributed by atoms with Gasteiger partial charge in [0.05, 0.1) is 5.56 Å². The minimum absolute atomic E-state index is 0.0729. The Morgan fingerprint density at radius 2 is 2.12 bits per heavy atom. The van der Waals surface area contributed by atoms with Gasteiger partial charge in [-0.1, -0.05) is 12.1 Å². The van der Waals surface area contributed by atoms with Crippen molar-refractivity contribution in [1.82, 2.24) is 10.6 Å². The molecule has 5 heteroatoms. The zero-order chi connectivity index (χ0) is 12.3. The van der Waals surface area contributed by atoms with E-state index in [-0.39, 0.29) is 17.5 Å². The molecule has 1 aliphatic rings. The van der Waals surface area contributed by atoms with E-state index in [4.69, 9.17) is 5.11 Å². The molecular weight excluding hydrogens is 220 g/mol. The Morgan fingerprint density at radius 1 is 1.41 bits per heavy atom. The molecule has 0 saturated carbocycles. The predicted octanol–water partition coefficient (Wildman–Crippen LogP) is 0.363. The summed E-state index contributed by atoms with van der Waals surface area (Å²) >= 11 is 0. The second-order valence-electron chi connectivity index (χ2n) is 4.09. The number of hydrogen-bond acceptors (Lipinski definition) is 3. The Labute approximate surface area is 98.8 Å². The van der Waals surface area contributed by atoms with E-state index in [2.05, 4.69) is 10.6 Å². The van der Waals surface area contributed by atoms with Crippen molar-refractivity contribution in [2.45, 2.75) is 19.0 Å². The summed E-state index contributed by atoms with van der Waals surface area (Å²) in [7, 11) is 0. The third-order valence-electron chi connectivity index (χ3n) is 2.77. The number of hydrogen-bond donors (Lipinski definition) is 3. The van der Waals surface area contributed by atoms with Crippen molar-refractivity contribution >= 4 is 11.9 Å². The number of nitrogens with one attached hydrogen (secondary N) is 2. The lowest BCUT2D eigenvalue weighted by molar-refractivity contribution is -0.119. The number of rotatable bonds is 4. The summed E-state index contributed by atoms with van der Waals surface area (Å²) in [5, 5.41) is 14.7. The van der Waals surface area contributed by atoms with E-state index in [9.17, 15) is 9.59 Å². The quantitative estimate of drug-likeness (QED) is 0.703. The van der Waals surface area contributed by atoms with Crippen LogP contribution in [0, 0.1) is 0 Å². The smallest absolute Gasteiger partial charge is 0.335 e. The van der Waals surface area contributed by atoms with Gasteiger partial charge in [-0.15, -0.1) is 0 Å². The highest BCUT2D eigenvalue weighted by atomic mass is 16.4. The van der Waals surface area contributed by atoms with E-state index >= 15 is 0 Å². The van der Waals surface area contributed by atoms with Crippen molar-refractivity contribution in [3.63, 3.8) is 0 Å². The van der Waals surface area contributed by atoms with Crippen molar-refractivity contribution in [3.8, 4) is 0 Å². The number of carbonyl (C=O) groups is 2. The first-order chi connectivity index (χ1) is 8.15. The fourth-order valence-electron chi connectivity index (χ4n) is 1.78. The maximum absolute atomic E-state index is 11.0. The van der Waals surface area contributed by atoms with E-state index in [0.29, 0.717) is 19.5 Å². The summed E-state index contributed by atoms with van der Waals surface area (Å²) in [6, 6.07) is 6.89. The number of benzene rings is 1. The van der Waals surface area contributed by atoms with Gasteiger partial charge in [0, 0.05) is 25.6 Å². The van der Waals surface area contributed by atoms with Gasteiger partial charge in [0.1, 0.15) is 0 Å². The zero-order valence-electron chi connectivity index (χ0n) is 9.27. The number of carboxylic acids is 1. The lowest BCUT2D eigenvalue weighted by Gasteiger charge is -2.10. The van der Waals surface area contributed by atoms with Crippen LogP contribution in [0.25, 0.3) is 0 Å². The summed E-state index contributed by atoms with van der Waals surface area (Å²) in [6.45, 7) is 1.30. The Balaban J connectivity index is 1.87. The van der Waals surface area contributed by atoms with Crippen LogP contribution in [0.2, 0.25) is 0 Å². The van der Waals surface area contributed by atoms with Crippen LogP contribution in [0.1, 0.15) is 22.3 Å². The van der Waals surface area contributed by atoms with Gasteiger partial charge >= 0.3 is 5.97 Å². The fourth-order valence-corrected chi connectivity index (χ4v) is 1.78. The third-order valence-corrected chi connectivity index (χ3v) is 2.77. The largest absolute Gasteiger partial charge is 0.478 e. The summed E-state index contributed by atoms with van der Waals surface area (Å²) in [4.78, 5) is 21.6. The Morgan fingerprint density at radius 3 is 2.65 bits per heavy atom. The van der Waals surface area contributed by atoms with E-state index in [1.165, 1.54) is 0 Å². The zero-order valence-corrected chi connectivity index (χ0v) is 9.27. The van der Waals surface area contributed by atoms with Crippen molar-refractivity contribution in [2.24, 2.45) is 0 Å². The molecule has 1 aliphatic heterocycles. The van der Waals surface area contributed by atoms with Gasteiger partial charge in [0.25, 0.3) is 0 Å². The second-order valence-corrected chi connectivity index (χ2v) is 4.09. The molecule has 5 nitrogen and oxygen atoms in total. The minimum Gasteiger partial charge on any atom is -0.478 e.